The number of amides is 1. The van der Waals surface area contributed by atoms with Crippen molar-refractivity contribution in [1.82, 2.24) is 15.3 Å². The molecule has 1 aromatic rings. The van der Waals surface area contributed by atoms with Gasteiger partial charge in [-0.05, 0) is 6.42 Å². The molecule has 1 aromatic heterocycles. The Balaban J connectivity index is 2.50. The van der Waals surface area contributed by atoms with Crippen LogP contribution in [0.3, 0.4) is 0 Å². The van der Waals surface area contributed by atoms with Gasteiger partial charge in [0, 0.05) is 12.5 Å². The minimum atomic E-state index is -0.313. The van der Waals surface area contributed by atoms with Crippen LogP contribution in [0, 0.1) is 0 Å². The molecule has 6 heteroatoms. The summed E-state index contributed by atoms with van der Waals surface area (Å²) in [5, 5.41) is 2.97. The SMILES string of the molecule is C=CCCOCCNC(=O)c1nc(C(C)C)ncc1Cl. The zero-order valence-electron chi connectivity index (χ0n) is 11.9. The first-order chi connectivity index (χ1) is 9.56. The van der Waals surface area contributed by atoms with E-state index in [9.17, 15) is 4.79 Å². The maximum atomic E-state index is 12.0. The van der Waals surface area contributed by atoms with Crippen molar-refractivity contribution in [3.63, 3.8) is 0 Å². The summed E-state index contributed by atoms with van der Waals surface area (Å²) in [6.45, 7) is 8.97. The number of carbonyl (C=O) groups is 1. The average molecular weight is 298 g/mol. The first-order valence-electron chi connectivity index (χ1n) is 6.55. The van der Waals surface area contributed by atoms with Crippen molar-refractivity contribution in [3.8, 4) is 0 Å². The summed E-state index contributed by atoms with van der Waals surface area (Å²) in [7, 11) is 0. The lowest BCUT2D eigenvalue weighted by molar-refractivity contribution is 0.0913. The molecule has 1 N–H and O–H groups in total. The van der Waals surface area contributed by atoms with E-state index < -0.39 is 0 Å². The lowest BCUT2D eigenvalue weighted by Gasteiger charge is -2.09. The summed E-state index contributed by atoms with van der Waals surface area (Å²) in [6.07, 6.45) is 4.04. The average Bonchev–Trinajstić information content (AvgIpc) is 2.42. The minimum Gasteiger partial charge on any atom is -0.379 e. The number of aromatic nitrogens is 2. The van der Waals surface area contributed by atoms with E-state index in [1.807, 2.05) is 13.8 Å². The van der Waals surface area contributed by atoms with E-state index in [2.05, 4.69) is 21.9 Å². The smallest absolute Gasteiger partial charge is 0.271 e. The number of carbonyl (C=O) groups excluding carboxylic acids is 1. The molecule has 20 heavy (non-hydrogen) atoms. The maximum Gasteiger partial charge on any atom is 0.271 e. The minimum absolute atomic E-state index is 0.140. The third-order valence-corrected chi connectivity index (χ3v) is 2.77. The van der Waals surface area contributed by atoms with Gasteiger partial charge in [-0.25, -0.2) is 9.97 Å². The molecule has 5 nitrogen and oxygen atoms in total. The van der Waals surface area contributed by atoms with Crippen molar-refractivity contribution in [2.24, 2.45) is 0 Å². The number of halogens is 1. The Morgan fingerprint density at radius 3 is 2.95 bits per heavy atom. The molecule has 0 aliphatic rings. The molecule has 0 radical (unpaired) electrons. The largest absolute Gasteiger partial charge is 0.379 e. The van der Waals surface area contributed by atoms with E-state index >= 15 is 0 Å². The standard InChI is InChI=1S/C14H20ClN3O2/c1-4-5-7-20-8-6-16-14(19)12-11(15)9-17-13(18-12)10(2)3/h4,9-10H,1,5-8H2,2-3H3,(H,16,19). The fourth-order valence-electron chi connectivity index (χ4n) is 1.41. The second-order valence-corrected chi connectivity index (χ2v) is 4.93. The zero-order chi connectivity index (χ0) is 15.0. The number of hydrogen-bond acceptors (Lipinski definition) is 4. The van der Waals surface area contributed by atoms with Gasteiger partial charge in [-0.2, -0.15) is 0 Å². The van der Waals surface area contributed by atoms with Crippen molar-refractivity contribution < 1.29 is 9.53 Å². The molecule has 0 aliphatic carbocycles. The normalized spacial score (nSPS) is 10.6. The van der Waals surface area contributed by atoms with Crippen LogP contribution in [-0.2, 0) is 4.74 Å². The van der Waals surface area contributed by atoms with Crippen LogP contribution < -0.4 is 5.32 Å². The highest BCUT2D eigenvalue weighted by atomic mass is 35.5. The Kier molecular flexibility index (Phi) is 7.18. The molecule has 1 amide bonds. The Hall–Kier alpha value is -1.46. The molecule has 0 spiro atoms. The summed E-state index contributed by atoms with van der Waals surface area (Å²) in [4.78, 5) is 20.3. The molecule has 0 saturated heterocycles. The Morgan fingerprint density at radius 2 is 2.30 bits per heavy atom. The Bertz CT molecular complexity index is 464. The molecule has 110 valence electrons. The predicted octanol–water partition coefficient (Wildman–Crippen LogP) is 2.58. The summed E-state index contributed by atoms with van der Waals surface area (Å²) < 4.78 is 5.30. The van der Waals surface area contributed by atoms with Gasteiger partial charge in [0.15, 0.2) is 0 Å². The molecule has 0 saturated carbocycles. The molecule has 0 aliphatic heterocycles. The lowest BCUT2D eigenvalue weighted by Crippen LogP contribution is -2.28. The molecule has 0 unspecified atom stereocenters. The molecular weight excluding hydrogens is 278 g/mol. The number of hydrogen-bond donors (Lipinski definition) is 1. The number of ether oxygens (including phenoxy) is 1. The summed E-state index contributed by atoms with van der Waals surface area (Å²) in [5.41, 5.74) is 0.205. The van der Waals surface area contributed by atoms with Gasteiger partial charge < -0.3 is 10.1 Å². The molecule has 0 fully saturated rings. The molecule has 0 aromatic carbocycles. The third-order valence-electron chi connectivity index (χ3n) is 2.49. The van der Waals surface area contributed by atoms with Crippen LogP contribution in [0.15, 0.2) is 18.9 Å². The van der Waals surface area contributed by atoms with Crippen molar-refractivity contribution in [1.29, 1.82) is 0 Å². The lowest BCUT2D eigenvalue weighted by atomic mass is 10.2. The van der Waals surface area contributed by atoms with Crippen LogP contribution >= 0.6 is 11.6 Å². The zero-order valence-corrected chi connectivity index (χ0v) is 12.6. The second kappa shape index (κ2) is 8.66. The van der Waals surface area contributed by atoms with Crippen molar-refractivity contribution >= 4 is 17.5 Å². The summed E-state index contributed by atoms with van der Waals surface area (Å²) >= 11 is 5.95. The highest BCUT2D eigenvalue weighted by Crippen LogP contribution is 2.16. The van der Waals surface area contributed by atoms with E-state index in [4.69, 9.17) is 16.3 Å². The van der Waals surface area contributed by atoms with Gasteiger partial charge in [0.1, 0.15) is 11.5 Å². The second-order valence-electron chi connectivity index (χ2n) is 4.53. The summed E-state index contributed by atoms with van der Waals surface area (Å²) in [6, 6.07) is 0. The molecular formula is C14H20ClN3O2. The molecule has 0 bridgehead atoms. The molecule has 0 atom stereocenters. The summed E-state index contributed by atoms with van der Waals surface area (Å²) in [5.74, 6) is 0.425. The fourth-order valence-corrected chi connectivity index (χ4v) is 1.58. The van der Waals surface area contributed by atoms with Crippen molar-refractivity contribution in [2.45, 2.75) is 26.2 Å². The van der Waals surface area contributed by atoms with E-state index in [1.165, 1.54) is 6.20 Å². The third kappa shape index (κ3) is 5.27. The van der Waals surface area contributed by atoms with E-state index in [0.717, 1.165) is 6.42 Å². The molecule has 1 heterocycles. The van der Waals surface area contributed by atoms with Gasteiger partial charge in [-0.1, -0.05) is 31.5 Å². The fraction of sp³-hybridized carbons (Fsp3) is 0.500. The van der Waals surface area contributed by atoms with Crippen LogP contribution in [0.5, 0.6) is 0 Å². The molecule has 1 rings (SSSR count). The predicted molar refractivity (Wildman–Crippen MR) is 79.1 cm³/mol. The van der Waals surface area contributed by atoms with E-state index in [0.29, 0.717) is 25.6 Å². The van der Waals surface area contributed by atoms with Crippen LogP contribution in [-0.4, -0.2) is 35.6 Å². The van der Waals surface area contributed by atoms with Crippen LogP contribution in [0.25, 0.3) is 0 Å². The van der Waals surface area contributed by atoms with Crippen molar-refractivity contribution in [3.05, 3.63) is 35.4 Å². The number of nitrogens with zero attached hydrogens (tertiary/aromatic N) is 2. The quantitative estimate of drug-likeness (QED) is 0.592. The van der Waals surface area contributed by atoms with Gasteiger partial charge >= 0.3 is 0 Å². The highest BCUT2D eigenvalue weighted by Gasteiger charge is 2.14. The first kappa shape index (κ1) is 16.6. The van der Waals surface area contributed by atoms with E-state index in [-0.39, 0.29) is 22.5 Å². The van der Waals surface area contributed by atoms with Crippen molar-refractivity contribution in [2.75, 3.05) is 19.8 Å². The van der Waals surface area contributed by atoms with E-state index in [1.54, 1.807) is 6.08 Å². The van der Waals surface area contributed by atoms with Gasteiger partial charge in [0.05, 0.1) is 24.4 Å². The first-order valence-corrected chi connectivity index (χ1v) is 6.93. The Labute approximate surface area is 124 Å². The number of nitrogens with one attached hydrogen (secondary N) is 1. The maximum absolute atomic E-state index is 12.0. The number of rotatable bonds is 8. The van der Waals surface area contributed by atoms with Gasteiger partial charge in [-0.15, -0.1) is 6.58 Å². The van der Waals surface area contributed by atoms with Gasteiger partial charge in [-0.3, -0.25) is 4.79 Å². The van der Waals surface area contributed by atoms with Crippen LogP contribution in [0.2, 0.25) is 5.02 Å². The monoisotopic (exact) mass is 297 g/mol. The van der Waals surface area contributed by atoms with Gasteiger partial charge in [0.2, 0.25) is 0 Å². The topological polar surface area (TPSA) is 64.1 Å². The highest BCUT2D eigenvalue weighted by molar-refractivity contribution is 6.33. The van der Waals surface area contributed by atoms with Gasteiger partial charge in [0.25, 0.3) is 5.91 Å². The van der Waals surface area contributed by atoms with Crippen LogP contribution in [0.4, 0.5) is 0 Å². The van der Waals surface area contributed by atoms with Crippen LogP contribution in [0.1, 0.15) is 42.5 Å². The Morgan fingerprint density at radius 1 is 1.55 bits per heavy atom.